The Labute approximate surface area is 114 Å². The van der Waals surface area contributed by atoms with Gasteiger partial charge in [-0.3, -0.25) is 9.59 Å². The van der Waals surface area contributed by atoms with Gasteiger partial charge in [-0.1, -0.05) is 17.7 Å². The molecule has 1 heterocycles. The average Bonchev–Trinajstić information content (AvgIpc) is 2.89. The second kappa shape index (κ2) is 6.06. The zero-order chi connectivity index (χ0) is 13.7. The van der Waals surface area contributed by atoms with Crippen LogP contribution < -0.4 is 10.6 Å². The highest BCUT2D eigenvalue weighted by Crippen LogP contribution is 2.14. The molecule has 19 heavy (non-hydrogen) atoms. The smallest absolute Gasteiger partial charge is 0.313 e. The lowest BCUT2D eigenvalue weighted by molar-refractivity contribution is -0.136. The molecule has 0 aliphatic heterocycles. The number of carbonyl (C=O) groups excluding carboxylic acids is 2. The van der Waals surface area contributed by atoms with Gasteiger partial charge in [0.1, 0.15) is 5.76 Å². The van der Waals surface area contributed by atoms with Gasteiger partial charge in [-0.25, -0.2) is 0 Å². The molecule has 0 saturated carbocycles. The molecule has 98 valence electrons. The Balaban J connectivity index is 1.87. The quantitative estimate of drug-likeness (QED) is 0.846. The van der Waals surface area contributed by atoms with Crippen LogP contribution >= 0.6 is 11.6 Å². The van der Waals surface area contributed by atoms with Gasteiger partial charge < -0.3 is 15.1 Å². The molecule has 2 aromatic rings. The minimum absolute atomic E-state index is 0.162. The number of anilines is 1. The summed E-state index contributed by atoms with van der Waals surface area (Å²) in [5, 5.41) is 5.37. The summed E-state index contributed by atoms with van der Waals surface area (Å²) >= 11 is 5.77. The first-order valence-corrected chi connectivity index (χ1v) is 5.90. The fourth-order valence-electron chi connectivity index (χ4n) is 1.41. The highest BCUT2D eigenvalue weighted by atomic mass is 35.5. The molecule has 5 nitrogen and oxygen atoms in total. The highest BCUT2D eigenvalue weighted by Gasteiger charge is 2.13. The Kier molecular flexibility index (Phi) is 4.20. The number of halogens is 1. The minimum Gasteiger partial charge on any atom is -0.467 e. The summed E-state index contributed by atoms with van der Waals surface area (Å²) in [5.74, 6) is -0.922. The summed E-state index contributed by atoms with van der Waals surface area (Å²) in [6.07, 6.45) is 1.49. The second-order valence-electron chi connectivity index (χ2n) is 3.73. The Morgan fingerprint density at radius 1 is 1.16 bits per heavy atom. The van der Waals surface area contributed by atoms with E-state index in [2.05, 4.69) is 10.6 Å². The molecule has 0 aliphatic rings. The van der Waals surface area contributed by atoms with E-state index < -0.39 is 11.8 Å². The van der Waals surface area contributed by atoms with Crippen LogP contribution in [0.25, 0.3) is 0 Å². The van der Waals surface area contributed by atoms with Crippen LogP contribution in [0.3, 0.4) is 0 Å². The molecule has 2 amide bonds. The average molecular weight is 279 g/mol. The SMILES string of the molecule is O=C(NCc1ccco1)C(=O)Nc1cccc(Cl)c1. The standard InChI is InChI=1S/C13H11ClN2O3/c14-9-3-1-4-10(7-9)16-13(18)12(17)15-8-11-5-2-6-19-11/h1-7H,8H2,(H,15,17)(H,16,18). The van der Waals surface area contributed by atoms with Crippen molar-refractivity contribution in [1.29, 1.82) is 0 Å². The molecular formula is C13H11ClN2O3. The van der Waals surface area contributed by atoms with E-state index in [0.717, 1.165) is 0 Å². The fourth-order valence-corrected chi connectivity index (χ4v) is 1.61. The number of hydrogen-bond acceptors (Lipinski definition) is 3. The van der Waals surface area contributed by atoms with Gasteiger partial charge >= 0.3 is 11.8 Å². The van der Waals surface area contributed by atoms with E-state index in [1.807, 2.05) is 0 Å². The predicted octanol–water partition coefficient (Wildman–Crippen LogP) is 2.19. The molecule has 0 fully saturated rings. The lowest BCUT2D eigenvalue weighted by Crippen LogP contribution is -2.34. The number of carbonyl (C=O) groups is 2. The van der Waals surface area contributed by atoms with Crippen molar-refractivity contribution in [2.45, 2.75) is 6.54 Å². The lowest BCUT2D eigenvalue weighted by Gasteiger charge is -2.05. The van der Waals surface area contributed by atoms with Crippen molar-refractivity contribution in [3.8, 4) is 0 Å². The van der Waals surface area contributed by atoms with E-state index in [4.69, 9.17) is 16.0 Å². The van der Waals surface area contributed by atoms with Crippen LogP contribution in [0.5, 0.6) is 0 Å². The maximum atomic E-state index is 11.6. The van der Waals surface area contributed by atoms with Crippen molar-refractivity contribution in [2.75, 3.05) is 5.32 Å². The predicted molar refractivity (Wildman–Crippen MR) is 70.6 cm³/mol. The maximum absolute atomic E-state index is 11.6. The molecule has 0 aliphatic carbocycles. The van der Waals surface area contributed by atoms with E-state index in [1.165, 1.54) is 6.26 Å². The third-order valence-corrected chi connectivity index (χ3v) is 2.53. The molecule has 1 aromatic carbocycles. The summed E-state index contributed by atoms with van der Waals surface area (Å²) in [5.41, 5.74) is 0.464. The summed E-state index contributed by atoms with van der Waals surface area (Å²) in [7, 11) is 0. The van der Waals surface area contributed by atoms with Gasteiger partial charge in [0, 0.05) is 10.7 Å². The molecule has 0 bridgehead atoms. The van der Waals surface area contributed by atoms with E-state index in [1.54, 1.807) is 36.4 Å². The molecular weight excluding hydrogens is 268 g/mol. The third-order valence-electron chi connectivity index (χ3n) is 2.29. The van der Waals surface area contributed by atoms with Crippen LogP contribution in [0.4, 0.5) is 5.69 Å². The minimum atomic E-state index is -0.756. The molecule has 2 rings (SSSR count). The van der Waals surface area contributed by atoms with Crippen LogP contribution in [0.2, 0.25) is 5.02 Å². The topological polar surface area (TPSA) is 71.3 Å². The zero-order valence-electron chi connectivity index (χ0n) is 9.85. The third kappa shape index (κ3) is 3.86. The van der Waals surface area contributed by atoms with Gasteiger partial charge in [0.15, 0.2) is 0 Å². The largest absolute Gasteiger partial charge is 0.467 e. The first-order chi connectivity index (χ1) is 9.15. The van der Waals surface area contributed by atoms with E-state index in [0.29, 0.717) is 16.5 Å². The molecule has 0 unspecified atom stereocenters. The van der Waals surface area contributed by atoms with Crippen LogP contribution in [0, 0.1) is 0 Å². The number of furan rings is 1. The van der Waals surface area contributed by atoms with Gasteiger partial charge in [0.25, 0.3) is 0 Å². The van der Waals surface area contributed by atoms with Crippen LogP contribution in [0.1, 0.15) is 5.76 Å². The van der Waals surface area contributed by atoms with E-state index in [-0.39, 0.29) is 6.54 Å². The Bertz CT molecular complexity index is 581. The van der Waals surface area contributed by atoms with Crippen molar-refractivity contribution in [1.82, 2.24) is 5.32 Å². The molecule has 0 spiro atoms. The molecule has 2 N–H and O–H groups in total. The molecule has 0 atom stereocenters. The first-order valence-electron chi connectivity index (χ1n) is 5.52. The van der Waals surface area contributed by atoms with Gasteiger partial charge in [-0.05, 0) is 30.3 Å². The summed E-state index contributed by atoms with van der Waals surface area (Å²) in [4.78, 5) is 23.1. The molecule has 0 radical (unpaired) electrons. The van der Waals surface area contributed by atoms with Crippen LogP contribution in [0.15, 0.2) is 47.1 Å². The monoisotopic (exact) mass is 278 g/mol. The zero-order valence-corrected chi connectivity index (χ0v) is 10.6. The van der Waals surface area contributed by atoms with Gasteiger partial charge in [0.2, 0.25) is 0 Å². The fraction of sp³-hybridized carbons (Fsp3) is 0.0769. The van der Waals surface area contributed by atoms with Gasteiger partial charge in [0.05, 0.1) is 12.8 Å². The number of rotatable bonds is 3. The second-order valence-corrected chi connectivity index (χ2v) is 4.16. The molecule has 1 aromatic heterocycles. The Hall–Kier alpha value is -2.27. The van der Waals surface area contributed by atoms with Crippen LogP contribution in [-0.2, 0) is 16.1 Å². The summed E-state index contributed by atoms with van der Waals surface area (Å²) < 4.78 is 5.03. The molecule has 0 saturated heterocycles. The number of amides is 2. The van der Waals surface area contributed by atoms with E-state index >= 15 is 0 Å². The van der Waals surface area contributed by atoms with Crippen molar-refractivity contribution in [3.05, 3.63) is 53.4 Å². The normalized spacial score (nSPS) is 9.95. The lowest BCUT2D eigenvalue weighted by atomic mass is 10.3. The van der Waals surface area contributed by atoms with Gasteiger partial charge in [-0.15, -0.1) is 0 Å². The van der Waals surface area contributed by atoms with Crippen molar-refractivity contribution >= 4 is 29.1 Å². The summed E-state index contributed by atoms with van der Waals surface area (Å²) in [6, 6.07) is 9.96. The van der Waals surface area contributed by atoms with Crippen molar-refractivity contribution in [2.24, 2.45) is 0 Å². The summed E-state index contributed by atoms with van der Waals surface area (Å²) in [6.45, 7) is 0.162. The van der Waals surface area contributed by atoms with Crippen molar-refractivity contribution < 1.29 is 14.0 Å². The van der Waals surface area contributed by atoms with Crippen molar-refractivity contribution in [3.63, 3.8) is 0 Å². The molecule has 6 heteroatoms. The van der Waals surface area contributed by atoms with Crippen LogP contribution in [-0.4, -0.2) is 11.8 Å². The highest BCUT2D eigenvalue weighted by molar-refractivity contribution is 6.39. The number of benzene rings is 1. The Morgan fingerprint density at radius 2 is 2.00 bits per heavy atom. The van der Waals surface area contributed by atoms with Gasteiger partial charge in [-0.2, -0.15) is 0 Å². The number of hydrogen-bond donors (Lipinski definition) is 2. The maximum Gasteiger partial charge on any atom is 0.313 e. The number of nitrogens with one attached hydrogen (secondary N) is 2. The first kappa shape index (κ1) is 13.2. The Morgan fingerprint density at radius 3 is 2.68 bits per heavy atom. The van der Waals surface area contributed by atoms with E-state index in [9.17, 15) is 9.59 Å².